The highest BCUT2D eigenvalue weighted by Crippen LogP contribution is 2.40. The Morgan fingerprint density at radius 1 is 0.860 bits per heavy atom. The molecule has 0 aromatic heterocycles. The van der Waals surface area contributed by atoms with Crippen LogP contribution in [-0.2, 0) is 29.0 Å². The largest absolute Gasteiger partial charge is 0.349 e. The van der Waals surface area contributed by atoms with E-state index in [0.29, 0.717) is 45.1 Å². The highest BCUT2D eigenvalue weighted by molar-refractivity contribution is 7.92. The fourth-order valence-electron chi connectivity index (χ4n) is 7.03. The van der Waals surface area contributed by atoms with E-state index in [1.165, 1.54) is 4.90 Å². The van der Waals surface area contributed by atoms with E-state index in [1.807, 2.05) is 55.4 Å². The lowest BCUT2D eigenvalue weighted by atomic mass is 9.75. The van der Waals surface area contributed by atoms with Crippen LogP contribution in [0, 0.1) is 16.7 Å². The van der Waals surface area contributed by atoms with Gasteiger partial charge in [0.2, 0.25) is 17.6 Å². The van der Waals surface area contributed by atoms with Crippen LogP contribution in [-0.4, -0.2) is 90.1 Å². The van der Waals surface area contributed by atoms with Gasteiger partial charge in [-0.05, 0) is 69.6 Å². The molecule has 288 valence electrons. The number of ketones is 1. The number of nitrogens with zero attached hydrogens (tertiary/aromatic N) is 1. The molecular weight excluding hydrogens is 659 g/mol. The summed E-state index contributed by atoms with van der Waals surface area (Å²) >= 11 is 0. The van der Waals surface area contributed by atoms with Crippen LogP contribution in [0.2, 0.25) is 0 Å². The van der Waals surface area contributed by atoms with Crippen molar-refractivity contribution in [3.05, 3.63) is 0 Å². The maximum atomic E-state index is 14.5. The molecule has 2 fully saturated rings. The Morgan fingerprint density at radius 2 is 1.46 bits per heavy atom. The zero-order valence-corrected chi connectivity index (χ0v) is 33.5. The number of amides is 5. The smallest absolute Gasteiger partial charge is 0.315 e. The van der Waals surface area contributed by atoms with Gasteiger partial charge in [-0.2, -0.15) is 0 Å². The number of hydrogen-bond donors (Lipinski definition) is 4. The molecular formula is C37H67N5O7S. The first-order valence-electron chi connectivity index (χ1n) is 18.6. The number of hydrogen-bond acceptors (Lipinski definition) is 7. The summed E-state index contributed by atoms with van der Waals surface area (Å²) in [6.45, 7) is 20.9. The van der Waals surface area contributed by atoms with Crippen LogP contribution in [0.4, 0.5) is 4.79 Å². The van der Waals surface area contributed by atoms with Gasteiger partial charge in [-0.3, -0.25) is 19.2 Å². The van der Waals surface area contributed by atoms with Crippen molar-refractivity contribution in [2.24, 2.45) is 16.7 Å². The molecule has 1 saturated carbocycles. The van der Waals surface area contributed by atoms with Crippen LogP contribution >= 0.6 is 0 Å². The lowest BCUT2D eigenvalue weighted by Crippen LogP contribution is -2.64. The van der Waals surface area contributed by atoms with Crippen molar-refractivity contribution in [2.75, 3.05) is 18.8 Å². The minimum Gasteiger partial charge on any atom is -0.349 e. The summed E-state index contributed by atoms with van der Waals surface area (Å²) in [5.74, 6) is -2.84. The van der Waals surface area contributed by atoms with Crippen molar-refractivity contribution < 1.29 is 32.4 Å². The molecule has 1 heterocycles. The molecule has 0 spiro atoms. The molecule has 0 radical (unpaired) electrons. The molecule has 0 aromatic carbocycles. The van der Waals surface area contributed by atoms with E-state index in [-0.39, 0.29) is 23.6 Å². The number of sulfone groups is 1. The molecule has 2 aliphatic rings. The Bertz CT molecular complexity index is 1320. The Kier molecular flexibility index (Phi) is 15.0. The number of carbonyl (C=O) groups excluding carboxylic acids is 5. The van der Waals surface area contributed by atoms with Crippen LogP contribution in [0.3, 0.4) is 0 Å². The Morgan fingerprint density at radius 3 is 1.96 bits per heavy atom. The monoisotopic (exact) mass is 725 g/mol. The minimum absolute atomic E-state index is 0.193. The third-order valence-electron chi connectivity index (χ3n) is 10.3. The number of carbonyl (C=O) groups is 5. The first-order valence-corrected chi connectivity index (χ1v) is 20.3. The Hall–Kier alpha value is -2.70. The van der Waals surface area contributed by atoms with Crippen LogP contribution in [0.15, 0.2) is 0 Å². The molecule has 2 unspecified atom stereocenters. The minimum atomic E-state index is -3.57. The number of urea groups is 1. The predicted molar refractivity (Wildman–Crippen MR) is 197 cm³/mol. The molecule has 0 aromatic rings. The van der Waals surface area contributed by atoms with Crippen molar-refractivity contribution in [3.63, 3.8) is 0 Å². The summed E-state index contributed by atoms with van der Waals surface area (Å²) in [7, 11) is -3.57. The molecule has 4 N–H and O–H groups in total. The van der Waals surface area contributed by atoms with Crippen LogP contribution in [0.1, 0.15) is 140 Å². The normalized spacial score (nSPS) is 21.1. The van der Waals surface area contributed by atoms with Crippen molar-refractivity contribution in [3.8, 4) is 0 Å². The summed E-state index contributed by atoms with van der Waals surface area (Å²) in [5.41, 5.74) is -2.12. The number of likely N-dealkylation sites (tertiary alicyclic amines) is 1. The van der Waals surface area contributed by atoms with E-state index in [2.05, 4.69) is 21.3 Å². The second kappa shape index (κ2) is 17.2. The van der Waals surface area contributed by atoms with E-state index in [1.54, 1.807) is 20.8 Å². The quantitative estimate of drug-likeness (QED) is 0.189. The maximum Gasteiger partial charge on any atom is 0.315 e. The first-order chi connectivity index (χ1) is 22.9. The van der Waals surface area contributed by atoms with Gasteiger partial charge in [-0.15, -0.1) is 0 Å². The molecule has 2 rings (SSSR count). The summed E-state index contributed by atoms with van der Waals surface area (Å²) in [6.07, 6.45) is 6.41. The lowest BCUT2D eigenvalue weighted by Gasteiger charge is -2.41. The number of nitrogens with one attached hydrogen (secondary N) is 4. The highest BCUT2D eigenvalue weighted by atomic mass is 32.2. The fourth-order valence-corrected chi connectivity index (χ4v) is 8.55. The summed E-state index contributed by atoms with van der Waals surface area (Å²) in [6, 6.07) is -3.64. The third-order valence-corrected chi connectivity index (χ3v) is 13.1. The number of unbranched alkanes of at least 4 members (excludes halogenated alkanes) is 1. The molecule has 50 heavy (non-hydrogen) atoms. The summed E-state index contributed by atoms with van der Waals surface area (Å²) in [4.78, 5) is 69.9. The van der Waals surface area contributed by atoms with Crippen LogP contribution in [0.5, 0.6) is 0 Å². The Labute approximate surface area is 301 Å². The molecule has 5 amide bonds. The van der Waals surface area contributed by atoms with E-state index in [0.717, 1.165) is 25.7 Å². The van der Waals surface area contributed by atoms with E-state index in [9.17, 15) is 32.4 Å². The zero-order valence-electron chi connectivity index (χ0n) is 32.7. The molecule has 12 nitrogen and oxygen atoms in total. The third kappa shape index (κ3) is 11.4. The SMILES string of the molecule is CCCCC(NC(=O)[C@@H]1C(C(C)(C)C)CCN1C(=O)[C@@H](NC(=O)NC1(CS(=O)(=O)C(C)(C)C)CCCCC1)C(C)(C)C)C(=O)C(=O)NCCC. The zero-order chi connectivity index (χ0) is 38.3. The van der Waals surface area contributed by atoms with E-state index in [4.69, 9.17) is 0 Å². The number of Topliss-reactive ketones (excluding diaryl/α,β-unsaturated/α-hetero) is 1. The average Bonchev–Trinajstić information content (AvgIpc) is 3.45. The lowest BCUT2D eigenvalue weighted by molar-refractivity contribution is -0.145. The van der Waals surface area contributed by atoms with Gasteiger partial charge in [0.1, 0.15) is 12.1 Å². The van der Waals surface area contributed by atoms with Gasteiger partial charge in [0.05, 0.1) is 22.1 Å². The molecule has 0 bridgehead atoms. The van der Waals surface area contributed by atoms with E-state index >= 15 is 0 Å². The summed E-state index contributed by atoms with van der Waals surface area (Å²) in [5, 5.41) is 11.4. The fraction of sp³-hybridized carbons (Fsp3) is 0.865. The Balaban J connectivity index is 2.42. The predicted octanol–water partition coefficient (Wildman–Crippen LogP) is 4.65. The molecule has 1 aliphatic heterocycles. The number of rotatable bonds is 14. The van der Waals surface area contributed by atoms with Crippen molar-refractivity contribution in [1.82, 2.24) is 26.2 Å². The average molecular weight is 726 g/mol. The highest BCUT2D eigenvalue weighted by Gasteiger charge is 2.50. The van der Waals surface area contributed by atoms with E-state index < -0.39 is 73.2 Å². The topological polar surface area (TPSA) is 171 Å². The molecule has 13 heteroatoms. The van der Waals surface area contributed by atoms with Gasteiger partial charge in [0.25, 0.3) is 5.91 Å². The summed E-state index contributed by atoms with van der Waals surface area (Å²) < 4.78 is 25.7. The van der Waals surface area contributed by atoms with Crippen LogP contribution < -0.4 is 21.3 Å². The van der Waals surface area contributed by atoms with Gasteiger partial charge < -0.3 is 26.2 Å². The maximum absolute atomic E-state index is 14.5. The van der Waals surface area contributed by atoms with Crippen molar-refractivity contribution in [1.29, 1.82) is 0 Å². The van der Waals surface area contributed by atoms with Gasteiger partial charge in [0.15, 0.2) is 9.84 Å². The molecule has 4 atom stereocenters. The van der Waals surface area contributed by atoms with Crippen LogP contribution in [0.25, 0.3) is 0 Å². The molecule has 1 saturated heterocycles. The van der Waals surface area contributed by atoms with Crippen molar-refractivity contribution in [2.45, 2.75) is 169 Å². The second-order valence-corrected chi connectivity index (χ2v) is 20.4. The van der Waals surface area contributed by atoms with Gasteiger partial charge in [-0.25, -0.2) is 13.2 Å². The van der Waals surface area contributed by atoms with Crippen molar-refractivity contribution >= 4 is 39.4 Å². The second-order valence-electron chi connectivity index (χ2n) is 17.7. The first kappa shape index (κ1) is 43.5. The van der Waals surface area contributed by atoms with Gasteiger partial charge in [-0.1, -0.05) is 87.5 Å². The standard InChI is InChI=1S/C37H67N5O7S/c1-12-14-18-26(28(43)31(45)38-22-13-2)39-30(44)27-25(34(3,4)5)19-23-42(27)32(46)29(35(6,7)8)40-33(47)41-37(20-16-15-17-21-37)24-50(48,49)36(9,10)11/h25-27,29H,12-24H2,1-11H3,(H,38,45)(H,39,44)(H2,40,41,47)/t25?,26?,27-,29+/m0/s1. The van der Waals surface area contributed by atoms with Gasteiger partial charge in [0, 0.05) is 13.1 Å². The molecule has 1 aliphatic carbocycles. The van der Waals surface area contributed by atoms with Gasteiger partial charge >= 0.3 is 6.03 Å².